The van der Waals surface area contributed by atoms with Gasteiger partial charge in [0.15, 0.2) is 0 Å². The fourth-order valence-corrected chi connectivity index (χ4v) is 4.92. The third-order valence-corrected chi connectivity index (χ3v) is 7.25. The summed E-state index contributed by atoms with van der Waals surface area (Å²) in [7, 11) is 0. The topological polar surface area (TPSA) is 34.1 Å². The lowest BCUT2D eigenvalue weighted by atomic mass is 9.90. The zero-order chi connectivity index (χ0) is 24.4. The van der Waals surface area contributed by atoms with Gasteiger partial charge in [-0.1, -0.05) is 155 Å². The van der Waals surface area contributed by atoms with E-state index in [-0.39, 0.29) is 17.5 Å². The van der Waals surface area contributed by atoms with Gasteiger partial charge in [-0.3, -0.25) is 9.59 Å². The van der Waals surface area contributed by atoms with Crippen LogP contribution in [0.2, 0.25) is 0 Å². The van der Waals surface area contributed by atoms with Gasteiger partial charge in [0.05, 0.1) is 5.92 Å². The highest BCUT2D eigenvalue weighted by Crippen LogP contribution is 2.19. The van der Waals surface area contributed by atoms with Crippen molar-refractivity contribution in [1.29, 1.82) is 0 Å². The molecule has 0 saturated heterocycles. The van der Waals surface area contributed by atoms with Gasteiger partial charge >= 0.3 is 0 Å². The molecule has 0 aromatic heterocycles. The summed E-state index contributed by atoms with van der Waals surface area (Å²) in [6.07, 6.45) is 31.5. The van der Waals surface area contributed by atoms with Crippen LogP contribution in [0.5, 0.6) is 0 Å². The fourth-order valence-electron chi connectivity index (χ4n) is 4.92. The fraction of sp³-hybridized carbons (Fsp3) is 0.935. The standard InChI is InChI=1S/C31H60O2/c1-4-6-8-10-12-14-16-18-19-21-23-25-27-30(29(3)32)31(33)28-26-24-22-20-17-15-13-11-9-7-5-2/h30H,4-28H2,1-3H3. The second kappa shape index (κ2) is 26.0. The van der Waals surface area contributed by atoms with Crippen LogP contribution in [0, 0.1) is 5.92 Å². The molecule has 0 aromatic carbocycles. The molecule has 2 heteroatoms. The lowest BCUT2D eigenvalue weighted by Crippen LogP contribution is -2.21. The van der Waals surface area contributed by atoms with Crippen molar-refractivity contribution in [2.24, 2.45) is 5.92 Å². The summed E-state index contributed by atoms with van der Waals surface area (Å²) in [5.41, 5.74) is 0. The highest BCUT2D eigenvalue weighted by molar-refractivity contribution is 6.01. The molecule has 1 atom stereocenters. The lowest BCUT2D eigenvalue weighted by molar-refractivity contribution is -0.132. The maximum Gasteiger partial charge on any atom is 0.143 e. The Labute approximate surface area is 208 Å². The molecule has 0 aliphatic carbocycles. The van der Waals surface area contributed by atoms with Crippen LogP contribution in [0.3, 0.4) is 0 Å². The van der Waals surface area contributed by atoms with Crippen molar-refractivity contribution in [3.05, 3.63) is 0 Å². The summed E-state index contributed by atoms with van der Waals surface area (Å²) in [5, 5.41) is 0. The van der Waals surface area contributed by atoms with Gasteiger partial charge in [0, 0.05) is 6.42 Å². The van der Waals surface area contributed by atoms with Crippen molar-refractivity contribution in [1.82, 2.24) is 0 Å². The number of carbonyl (C=O) groups excluding carboxylic acids is 2. The van der Waals surface area contributed by atoms with Crippen LogP contribution < -0.4 is 0 Å². The number of Topliss-reactive ketones (excluding diaryl/α,β-unsaturated/α-hetero) is 2. The Morgan fingerprint density at radius 2 is 0.758 bits per heavy atom. The third kappa shape index (κ3) is 22.9. The average molecular weight is 465 g/mol. The third-order valence-electron chi connectivity index (χ3n) is 7.25. The van der Waals surface area contributed by atoms with Crippen molar-refractivity contribution >= 4 is 11.6 Å². The van der Waals surface area contributed by atoms with Crippen molar-refractivity contribution < 1.29 is 9.59 Å². The van der Waals surface area contributed by atoms with Crippen LogP contribution in [0.25, 0.3) is 0 Å². The van der Waals surface area contributed by atoms with Crippen molar-refractivity contribution in [3.63, 3.8) is 0 Å². The quantitative estimate of drug-likeness (QED) is 0.0894. The smallest absolute Gasteiger partial charge is 0.143 e. The molecule has 2 nitrogen and oxygen atoms in total. The molecule has 0 aliphatic heterocycles. The minimum absolute atomic E-state index is 0.0890. The Morgan fingerprint density at radius 1 is 0.455 bits per heavy atom. The first kappa shape index (κ1) is 32.3. The van der Waals surface area contributed by atoms with Gasteiger partial charge in [-0.05, 0) is 19.8 Å². The molecule has 196 valence electrons. The van der Waals surface area contributed by atoms with E-state index in [0.717, 1.165) is 25.7 Å². The molecule has 0 saturated carbocycles. The molecule has 0 radical (unpaired) electrons. The lowest BCUT2D eigenvalue weighted by Gasteiger charge is -2.12. The predicted octanol–water partition coefficient (Wildman–Crippen LogP) is 10.6. The van der Waals surface area contributed by atoms with Gasteiger partial charge in [0.2, 0.25) is 0 Å². The first-order chi connectivity index (χ1) is 16.1. The number of unbranched alkanes of at least 4 members (excludes halogenated alkanes) is 21. The van der Waals surface area contributed by atoms with E-state index in [2.05, 4.69) is 13.8 Å². The van der Waals surface area contributed by atoms with E-state index < -0.39 is 0 Å². The first-order valence-corrected chi connectivity index (χ1v) is 15.2. The van der Waals surface area contributed by atoms with E-state index in [1.807, 2.05) is 0 Å². The maximum atomic E-state index is 12.6. The minimum Gasteiger partial charge on any atom is -0.299 e. The zero-order valence-electron chi connectivity index (χ0n) is 23.1. The number of ketones is 2. The van der Waals surface area contributed by atoms with Crippen molar-refractivity contribution in [2.75, 3.05) is 0 Å². The van der Waals surface area contributed by atoms with Crippen LogP contribution >= 0.6 is 0 Å². The van der Waals surface area contributed by atoms with Gasteiger partial charge < -0.3 is 0 Å². The molecule has 33 heavy (non-hydrogen) atoms. The van der Waals surface area contributed by atoms with Gasteiger partial charge in [0.1, 0.15) is 11.6 Å². The summed E-state index contributed by atoms with van der Waals surface area (Å²) < 4.78 is 0. The van der Waals surface area contributed by atoms with Crippen LogP contribution in [0.1, 0.15) is 181 Å². The molecule has 0 heterocycles. The summed E-state index contributed by atoms with van der Waals surface area (Å²) in [5.74, 6) is -0.0242. The highest BCUT2D eigenvalue weighted by Gasteiger charge is 2.21. The number of hydrogen-bond acceptors (Lipinski definition) is 2. The maximum absolute atomic E-state index is 12.6. The second-order valence-electron chi connectivity index (χ2n) is 10.6. The van der Waals surface area contributed by atoms with E-state index in [1.54, 1.807) is 6.92 Å². The molecule has 0 bridgehead atoms. The van der Waals surface area contributed by atoms with E-state index in [0.29, 0.717) is 6.42 Å². The Hall–Kier alpha value is -0.660. The largest absolute Gasteiger partial charge is 0.299 e. The van der Waals surface area contributed by atoms with Gasteiger partial charge in [0.25, 0.3) is 0 Å². The molecule has 0 aliphatic rings. The number of rotatable bonds is 27. The molecular formula is C31H60O2. The van der Waals surface area contributed by atoms with Crippen LogP contribution in [-0.4, -0.2) is 11.6 Å². The first-order valence-electron chi connectivity index (χ1n) is 15.2. The molecule has 0 aromatic rings. The Kier molecular flexibility index (Phi) is 25.4. The molecule has 0 spiro atoms. The SMILES string of the molecule is CCCCCCCCCCCCCCC(C(C)=O)C(=O)CCCCCCCCCCCCC. The normalized spacial score (nSPS) is 12.2. The number of carbonyl (C=O) groups is 2. The second-order valence-corrected chi connectivity index (χ2v) is 10.6. The number of hydrogen-bond donors (Lipinski definition) is 0. The zero-order valence-corrected chi connectivity index (χ0v) is 23.1. The van der Waals surface area contributed by atoms with Crippen molar-refractivity contribution in [3.8, 4) is 0 Å². The summed E-state index contributed by atoms with van der Waals surface area (Å²) in [4.78, 5) is 24.6. The van der Waals surface area contributed by atoms with E-state index in [1.165, 1.54) is 128 Å². The average Bonchev–Trinajstić information content (AvgIpc) is 2.80. The molecule has 0 N–H and O–H groups in total. The molecule has 0 amide bonds. The monoisotopic (exact) mass is 464 g/mol. The Bertz CT molecular complexity index is 429. The highest BCUT2D eigenvalue weighted by atomic mass is 16.1. The van der Waals surface area contributed by atoms with E-state index >= 15 is 0 Å². The van der Waals surface area contributed by atoms with Gasteiger partial charge in [-0.25, -0.2) is 0 Å². The molecule has 1 unspecified atom stereocenters. The van der Waals surface area contributed by atoms with E-state index in [9.17, 15) is 9.59 Å². The molecule has 0 fully saturated rings. The Morgan fingerprint density at radius 3 is 1.09 bits per heavy atom. The van der Waals surface area contributed by atoms with Crippen LogP contribution in [-0.2, 0) is 9.59 Å². The summed E-state index contributed by atoms with van der Waals surface area (Å²) in [6, 6.07) is 0. The Balaban J connectivity index is 3.60. The summed E-state index contributed by atoms with van der Waals surface area (Å²) >= 11 is 0. The predicted molar refractivity (Wildman–Crippen MR) is 146 cm³/mol. The van der Waals surface area contributed by atoms with Crippen molar-refractivity contribution in [2.45, 2.75) is 181 Å². The summed E-state index contributed by atoms with van der Waals surface area (Å²) in [6.45, 7) is 6.15. The molecular weight excluding hydrogens is 404 g/mol. The van der Waals surface area contributed by atoms with Gasteiger partial charge in [-0.15, -0.1) is 0 Å². The minimum atomic E-state index is -0.323. The van der Waals surface area contributed by atoms with Crippen LogP contribution in [0.4, 0.5) is 0 Å². The molecule has 0 rings (SSSR count). The van der Waals surface area contributed by atoms with Crippen LogP contribution in [0.15, 0.2) is 0 Å². The van der Waals surface area contributed by atoms with Gasteiger partial charge in [-0.2, -0.15) is 0 Å². The van der Waals surface area contributed by atoms with E-state index in [4.69, 9.17) is 0 Å².